The van der Waals surface area contributed by atoms with Gasteiger partial charge in [-0.2, -0.15) is 5.10 Å². The highest BCUT2D eigenvalue weighted by Crippen LogP contribution is 2.18. The van der Waals surface area contributed by atoms with E-state index in [9.17, 15) is 0 Å². The van der Waals surface area contributed by atoms with E-state index in [4.69, 9.17) is 0 Å². The van der Waals surface area contributed by atoms with Gasteiger partial charge < -0.3 is 10.3 Å². The highest BCUT2D eigenvalue weighted by atomic mass is 15.3. The summed E-state index contributed by atoms with van der Waals surface area (Å²) in [5, 5.41) is 7.72. The fourth-order valence-corrected chi connectivity index (χ4v) is 2.59. The van der Waals surface area contributed by atoms with Crippen molar-refractivity contribution in [1.82, 2.24) is 25.1 Å². The molecule has 2 N–H and O–H groups in total. The minimum atomic E-state index is 0.676. The van der Waals surface area contributed by atoms with Gasteiger partial charge in [0.2, 0.25) is 0 Å². The van der Waals surface area contributed by atoms with Gasteiger partial charge in [0.1, 0.15) is 5.82 Å². The van der Waals surface area contributed by atoms with Crippen LogP contribution in [0.5, 0.6) is 0 Å². The van der Waals surface area contributed by atoms with E-state index in [1.165, 1.54) is 25.7 Å². The molecule has 1 fully saturated rings. The molecule has 0 radical (unpaired) electrons. The van der Waals surface area contributed by atoms with Gasteiger partial charge in [0.05, 0.1) is 24.1 Å². The lowest BCUT2D eigenvalue weighted by Crippen LogP contribution is -2.25. The minimum absolute atomic E-state index is 0.676. The highest BCUT2D eigenvalue weighted by molar-refractivity contribution is 5.52. The van der Waals surface area contributed by atoms with Crippen LogP contribution in [-0.4, -0.2) is 25.8 Å². The van der Waals surface area contributed by atoms with Gasteiger partial charge in [0.15, 0.2) is 0 Å². The largest absolute Gasteiger partial charge is 0.340 e. The van der Waals surface area contributed by atoms with Gasteiger partial charge in [0.25, 0.3) is 0 Å². The first-order valence-electron chi connectivity index (χ1n) is 6.58. The number of aromatic nitrogens is 4. The molecule has 1 aliphatic carbocycles. The van der Waals surface area contributed by atoms with Crippen molar-refractivity contribution in [2.45, 2.75) is 38.3 Å². The van der Waals surface area contributed by atoms with Crippen LogP contribution in [0.1, 0.15) is 31.5 Å². The van der Waals surface area contributed by atoms with Crippen molar-refractivity contribution in [2.24, 2.45) is 7.05 Å². The van der Waals surface area contributed by atoms with Crippen LogP contribution in [0.4, 0.5) is 0 Å². The average Bonchev–Trinajstić information content (AvgIpc) is 3.07. The summed E-state index contributed by atoms with van der Waals surface area (Å²) in [6.45, 7) is 0.822. The first-order chi connectivity index (χ1) is 8.83. The Hall–Kier alpha value is -1.62. The topological polar surface area (TPSA) is 58.5 Å². The maximum atomic E-state index is 4.42. The molecule has 5 heteroatoms. The number of hydrogen-bond acceptors (Lipinski definition) is 3. The van der Waals surface area contributed by atoms with Crippen LogP contribution in [0.3, 0.4) is 0 Å². The molecule has 0 unspecified atom stereocenters. The normalized spacial score (nSPS) is 16.5. The molecule has 5 nitrogen and oxygen atoms in total. The molecule has 0 atom stereocenters. The van der Waals surface area contributed by atoms with Crippen molar-refractivity contribution in [3.8, 4) is 11.4 Å². The van der Waals surface area contributed by atoms with Gasteiger partial charge in [-0.3, -0.25) is 4.68 Å². The lowest BCUT2D eigenvalue weighted by Gasteiger charge is -2.09. The maximum Gasteiger partial charge on any atom is 0.120 e. The fraction of sp³-hybridized carbons (Fsp3) is 0.538. The molecule has 96 valence electrons. The number of rotatable bonds is 4. The summed E-state index contributed by atoms with van der Waals surface area (Å²) in [6, 6.07) is 2.66. The third-order valence-electron chi connectivity index (χ3n) is 3.64. The van der Waals surface area contributed by atoms with Crippen molar-refractivity contribution in [1.29, 1.82) is 0 Å². The van der Waals surface area contributed by atoms with Gasteiger partial charge in [-0.1, -0.05) is 12.8 Å². The summed E-state index contributed by atoms with van der Waals surface area (Å²) in [7, 11) is 1.94. The van der Waals surface area contributed by atoms with E-state index in [2.05, 4.69) is 20.4 Å². The number of aryl methyl sites for hydroxylation is 1. The zero-order chi connectivity index (χ0) is 12.4. The van der Waals surface area contributed by atoms with E-state index in [0.29, 0.717) is 6.04 Å². The van der Waals surface area contributed by atoms with Crippen molar-refractivity contribution in [3.05, 3.63) is 24.3 Å². The van der Waals surface area contributed by atoms with E-state index in [0.717, 1.165) is 23.8 Å². The molecule has 0 saturated heterocycles. The Morgan fingerprint density at radius 1 is 1.44 bits per heavy atom. The summed E-state index contributed by atoms with van der Waals surface area (Å²) in [5.74, 6) is 0.998. The van der Waals surface area contributed by atoms with E-state index >= 15 is 0 Å². The van der Waals surface area contributed by atoms with E-state index < -0.39 is 0 Å². The standard InChI is InChI=1S/C13H19N5/c1-18-12(6-7-16-18)11-8-15-13(17-11)9-14-10-4-2-3-5-10/h6-8,10,14H,2-5,9H2,1H3,(H,15,17). The lowest BCUT2D eigenvalue weighted by atomic mass is 10.2. The third-order valence-corrected chi connectivity index (χ3v) is 3.64. The van der Waals surface area contributed by atoms with Crippen LogP contribution in [0.15, 0.2) is 18.5 Å². The molecule has 18 heavy (non-hydrogen) atoms. The Morgan fingerprint density at radius 2 is 2.28 bits per heavy atom. The molecule has 0 aromatic carbocycles. The SMILES string of the molecule is Cn1nccc1-c1cnc(CNC2CCCC2)[nH]1. The van der Waals surface area contributed by atoms with Gasteiger partial charge in [0, 0.05) is 19.3 Å². The van der Waals surface area contributed by atoms with Crippen LogP contribution in [0, 0.1) is 0 Å². The summed E-state index contributed by atoms with van der Waals surface area (Å²) < 4.78 is 1.85. The molecule has 0 aliphatic heterocycles. The van der Waals surface area contributed by atoms with Gasteiger partial charge in [-0.15, -0.1) is 0 Å². The Labute approximate surface area is 107 Å². The summed E-state index contributed by atoms with van der Waals surface area (Å²) in [4.78, 5) is 7.76. The molecular formula is C13H19N5. The molecule has 2 aromatic rings. The van der Waals surface area contributed by atoms with E-state index in [1.807, 2.05) is 24.0 Å². The molecule has 0 spiro atoms. The Kier molecular flexibility index (Phi) is 3.15. The Morgan fingerprint density at radius 3 is 3.00 bits per heavy atom. The zero-order valence-electron chi connectivity index (χ0n) is 10.7. The van der Waals surface area contributed by atoms with E-state index in [1.54, 1.807) is 6.20 Å². The van der Waals surface area contributed by atoms with Crippen LogP contribution >= 0.6 is 0 Å². The summed E-state index contributed by atoms with van der Waals surface area (Å²) in [5.41, 5.74) is 2.09. The highest BCUT2D eigenvalue weighted by Gasteiger charge is 2.14. The monoisotopic (exact) mass is 245 g/mol. The van der Waals surface area contributed by atoms with Crippen LogP contribution in [0.2, 0.25) is 0 Å². The molecule has 2 aromatic heterocycles. The number of aromatic amines is 1. The van der Waals surface area contributed by atoms with Crippen LogP contribution in [0.25, 0.3) is 11.4 Å². The maximum absolute atomic E-state index is 4.42. The van der Waals surface area contributed by atoms with E-state index in [-0.39, 0.29) is 0 Å². The molecule has 0 bridgehead atoms. The van der Waals surface area contributed by atoms with Crippen molar-refractivity contribution in [2.75, 3.05) is 0 Å². The number of H-pyrrole nitrogens is 1. The van der Waals surface area contributed by atoms with Crippen molar-refractivity contribution >= 4 is 0 Å². The predicted molar refractivity (Wildman–Crippen MR) is 69.9 cm³/mol. The Bertz CT molecular complexity index is 507. The Balaban J connectivity index is 1.64. The van der Waals surface area contributed by atoms with Crippen LogP contribution in [-0.2, 0) is 13.6 Å². The summed E-state index contributed by atoms with van der Waals surface area (Å²) in [6.07, 6.45) is 8.99. The van der Waals surface area contributed by atoms with Crippen LogP contribution < -0.4 is 5.32 Å². The smallest absolute Gasteiger partial charge is 0.120 e. The first-order valence-corrected chi connectivity index (χ1v) is 6.58. The van der Waals surface area contributed by atoms with Gasteiger partial charge in [-0.25, -0.2) is 4.98 Å². The third kappa shape index (κ3) is 2.31. The fourth-order valence-electron chi connectivity index (χ4n) is 2.59. The predicted octanol–water partition coefficient (Wildman–Crippen LogP) is 1.84. The van der Waals surface area contributed by atoms with Crippen molar-refractivity contribution in [3.63, 3.8) is 0 Å². The molecule has 1 aliphatic rings. The second-order valence-electron chi connectivity index (χ2n) is 4.95. The lowest BCUT2D eigenvalue weighted by molar-refractivity contribution is 0.515. The second kappa shape index (κ2) is 4.94. The quantitative estimate of drug-likeness (QED) is 0.864. The average molecular weight is 245 g/mol. The second-order valence-corrected chi connectivity index (χ2v) is 4.95. The zero-order valence-corrected chi connectivity index (χ0v) is 10.7. The number of imidazole rings is 1. The molecule has 3 rings (SSSR count). The first kappa shape index (κ1) is 11.5. The minimum Gasteiger partial charge on any atom is -0.340 e. The number of hydrogen-bond donors (Lipinski definition) is 2. The molecule has 0 amide bonds. The number of nitrogens with one attached hydrogen (secondary N) is 2. The van der Waals surface area contributed by atoms with Crippen molar-refractivity contribution < 1.29 is 0 Å². The van der Waals surface area contributed by atoms with Gasteiger partial charge in [-0.05, 0) is 18.9 Å². The molecule has 1 saturated carbocycles. The van der Waals surface area contributed by atoms with Gasteiger partial charge >= 0.3 is 0 Å². The molecule has 2 heterocycles. The summed E-state index contributed by atoms with van der Waals surface area (Å²) >= 11 is 0. The number of nitrogens with zero attached hydrogens (tertiary/aromatic N) is 3. The molecular weight excluding hydrogens is 226 g/mol.